The van der Waals surface area contributed by atoms with Crippen LogP contribution in [0.5, 0.6) is 0 Å². The SMILES string of the molecule is c1ccc(C2=NC(c3cc(-c4ccccc4)cc4oc5ccc(-c6ccc7c(c6)-c6ccccc6CCC7c6ccccc6)cc5c34)N=C(c3ccccc3)N2)cc1. The zero-order valence-electron chi connectivity index (χ0n) is 31.8. The molecular formula is C54H39N3O. The van der Waals surface area contributed by atoms with E-state index in [1.165, 1.54) is 33.4 Å². The Morgan fingerprint density at radius 3 is 1.76 bits per heavy atom. The third-order valence-electron chi connectivity index (χ3n) is 11.8. The first-order valence-electron chi connectivity index (χ1n) is 20.1. The number of fused-ring (bicyclic) bond motifs is 6. The minimum absolute atomic E-state index is 0.326. The first-order valence-corrected chi connectivity index (χ1v) is 20.1. The van der Waals surface area contributed by atoms with Crippen LogP contribution in [0.3, 0.4) is 0 Å². The summed E-state index contributed by atoms with van der Waals surface area (Å²) < 4.78 is 6.76. The van der Waals surface area contributed by atoms with Crippen LogP contribution >= 0.6 is 0 Å². The molecule has 0 amide bonds. The highest BCUT2D eigenvalue weighted by Crippen LogP contribution is 2.45. The highest BCUT2D eigenvalue weighted by Gasteiger charge is 2.27. The van der Waals surface area contributed by atoms with Gasteiger partial charge in [0, 0.05) is 33.4 Å². The van der Waals surface area contributed by atoms with Gasteiger partial charge in [-0.3, -0.25) is 0 Å². The second kappa shape index (κ2) is 14.3. The van der Waals surface area contributed by atoms with E-state index >= 15 is 0 Å². The summed E-state index contributed by atoms with van der Waals surface area (Å²) in [6.07, 6.45) is 1.59. The molecule has 58 heavy (non-hydrogen) atoms. The summed E-state index contributed by atoms with van der Waals surface area (Å²) in [4.78, 5) is 10.7. The van der Waals surface area contributed by atoms with Gasteiger partial charge in [0.25, 0.3) is 0 Å². The van der Waals surface area contributed by atoms with E-state index in [2.05, 4.69) is 157 Å². The largest absolute Gasteiger partial charge is 0.456 e. The van der Waals surface area contributed by atoms with Gasteiger partial charge in [-0.15, -0.1) is 0 Å². The maximum atomic E-state index is 6.76. The molecule has 4 heteroatoms. The van der Waals surface area contributed by atoms with Crippen LogP contribution in [-0.4, -0.2) is 11.7 Å². The van der Waals surface area contributed by atoms with Crippen molar-refractivity contribution in [2.75, 3.05) is 0 Å². The van der Waals surface area contributed by atoms with Gasteiger partial charge in [-0.1, -0.05) is 164 Å². The van der Waals surface area contributed by atoms with E-state index in [1.54, 1.807) is 0 Å². The first-order chi connectivity index (χ1) is 28.7. The Balaban J connectivity index is 1.11. The number of hydrogen-bond acceptors (Lipinski definition) is 4. The Bertz CT molecular complexity index is 2970. The maximum absolute atomic E-state index is 6.76. The topological polar surface area (TPSA) is 49.9 Å². The van der Waals surface area contributed by atoms with Crippen LogP contribution in [0.4, 0.5) is 0 Å². The number of rotatable bonds is 6. The van der Waals surface area contributed by atoms with Crippen LogP contribution in [0.2, 0.25) is 0 Å². The molecule has 1 aliphatic carbocycles. The molecule has 9 aromatic rings. The predicted octanol–water partition coefficient (Wildman–Crippen LogP) is 13.2. The van der Waals surface area contributed by atoms with E-state index in [0.29, 0.717) is 5.92 Å². The Morgan fingerprint density at radius 1 is 0.448 bits per heavy atom. The Hall–Kier alpha value is -7.30. The Kier molecular flexibility index (Phi) is 8.40. The number of aryl methyl sites for hydroxylation is 1. The molecule has 11 rings (SSSR count). The van der Waals surface area contributed by atoms with Crippen LogP contribution in [0, 0.1) is 0 Å². The summed E-state index contributed by atoms with van der Waals surface area (Å²) >= 11 is 0. The molecule has 0 spiro atoms. The van der Waals surface area contributed by atoms with E-state index < -0.39 is 6.17 Å². The third kappa shape index (κ3) is 6.11. The van der Waals surface area contributed by atoms with Gasteiger partial charge < -0.3 is 9.73 Å². The zero-order valence-corrected chi connectivity index (χ0v) is 31.8. The number of nitrogens with one attached hydrogen (secondary N) is 1. The molecule has 1 N–H and O–H groups in total. The monoisotopic (exact) mass is 745 g/mol. The molecular weight excluding hydrogens is 707 g/mol. The van der Waals surface area contributed by atoms with E-state index in [-0.39, 0.29) is 0 Å². The van der Waals surface area contributed by atoms with Gasteiger partial charge in [-0.2, -0.15) is 0 Å². The van der Waals surface area contributed by atoms with Crippen molar-refractivity contribution in [3.8, 4) is 33.4 Å². The molecule has 0 fully saturated rings. The van der Waals surface area contributed by atoms with E-state index in [1.807, 2.05) is 42.5 Å². The summed E-state index contributed by atoms with van der Waals surface area (Å²) in [6.45, 7) is 0. The molecule has 2 heterocycles. The van der Waals surface area contributed by atoms with Gasteiger partial charge >= 0.3 is 0 Å². The standard InChI is InChI=1S/C54H39N3O/c1-5-15-35(16-6-1)42-33-48(54-56-52(38-20-9-3-10-21-38)55-53(57-54)39-22-11-4-12-23-39)51-47-32-41(27-30-49(47)58-50(51)34-42)40-26-29-45-44(36-17-7-2-8-18-36)28-25-37-19-13-14-24-43(37)46(45)31-40/h1-24,26-27,29-34,44,54H,25,28H2,(H,55,56,57). The first kappa shape index (κ1) is 34.0. The lowest BCUT2D eigenvalue weighted by Crippen LogP contribution is -2.36. The van der Waals surface area contributed by atoms with Crippen molar-refractivity contribution in [3.63, 3.8) is 0 Å². The zero-order chi connectivity index (χ0) is 38.4. The minimum atomic E-state index is -0.527. The molecule has 1 unspecified atom stereocenters. The van der Waals surface area contributed by atoms with Gasteiger partial charge in [0.2, 0.25) is 0 Å². The van der Waals surface area contributed by atoms with Crippen molar-refractivity contribution in [2.24, 2.45) is 9.98 Å². The second-order valence-electron chi connectivity index (χ2n) is 15.3. The lowest BCUT2D eigenvalue weighted by molar-refractivity contribution is 0.668. The van der Waals surface area contributed by atoms with Crippen LogP contribution in [0.25, 0.3) is 55.3 Å². The molecule has 4 nitrogen and oxygen atoms in total. The summed E-state index contributed by atoms with van der Waals surface area (Å²) in [5.74, 6) is 1.89. The molecule has 276 valence electrons. The van der Waals surface area contributed by atoms with Crippen LogP contribution < -0.4 is 5.32 Å². The summed E-state index contributed by atoms with van der Waals surface area (Å²) in [5.41, 5.74) is 15.9. The Labute approximate surface area is 337 Å². The molecule has 8 aromatic carbocycles. The molecule has 0 radical (unpaired) electrons. The van der Waals surface area contributed by atoms with Crippen LogP contribution in [0.15, 0.2) is 209 Å². The maximum Gasteiger partial charge on any atom is 0.170 e. The number of furan rings is 1. The fourth-order valence-electron chi connectivity index (χ4n) is 8.95. The van der Waals surface area contributed by atoms with Gasteiger partial charge in [0.15, 0.2) is 6.17 Å². The number of nitrogens with zero attached hydrogens (tertiary/aromatic N) is 2. The summed E-state index contributed by atoms with van der Waals surface area (Å²) in [5, 5.41) is 5.64. The summed E-state index contributed by atoms with van der Waals surface area (Å²) in [7, 11) is 0. The van der Waals surface area contributed by atoms with Gasteiger partial charge in [0.1, 0.15) is 22.8 Å². The van der Waals surface area contributed by atoms with Crippen molar-refractivity contribution in [3.05, 3.63) is 228 Å². The number of hydrogen-bond donors (Lipinski definition) is 1. The smallest absolute Gasteiger partial charge is 0.170 e. The highest BCUT2D eigenvalue weighted by atomic mass is 16.3. The minimum Gasteiger partial charge on any atom is -0.456 e. The number of benzene rings is 8. The normalized spacial score (nSPS) is 15.2. The van der Waals surface area contributed by atoms with Crippen molar-refractivity contribution in [2.45, 2.75) is 24.9 Å². The highest BCUT2D eigenvalue weighted by molar-refractivity contribution is 6.16. The number of aliphatic imine (C=N–C) groups is 2. The van der Waals surface area contributed by atoms with Crippen molar-refractivity contribution < 1.29 is 4.42 Å². The van der Waals surface area contributed by atoms with E-state index in [9.17, 15) is 0 Å². The molecule has 2 aliphatic rings. The van der Waals surface area contributed by atoms with Crippen molar-refractivity contribution >= 4 is 33.6 Å². The number of amidine groups is 2. The molecule has 1 aromatic heterocycles. The van der Waals surface area contributed by atoms with E-state index in [4.69, 9.17) is 14.4 Å². The molecule has 0 saturated heterocycles. The fourth-order valence-corrected chi connectivity index (χ4v) is 8.95. The molecule has 0 saturated carbocycles. The average molecular weight is 746 g/mol. The average Bonchev–Trinajstić information content (AvgIpc) is 3.59. The quantitative estimate of drug-likeness (QED) is 0.184. The fraction of sp³-hybridized carbons (Fsp3) is 0.0741. The second-order valence-corrected chi connectivity index (χ2v) is 15.3. The van der Waals surface area contributed by atoms with Gasteiger partial charge in [-0.25, -0.2) is 9.98 Å². The van der Waals surface area contributed by atoms with Gasteiger partial charge in [0.05, 0.1) is 0 Å². The predicted molar refractivity (Wildman–Crippen MR) is 238 cm³/mol. The summed E-state index contributed by atoms with van der Waals surface area (Å²) in [6, 6.07) is 69.2. The molecule has 1 atom stereocenters. The lowest BCUT2D eigenvalue weighted by atomic mass is 9.84. The van der Waals surface area contributed by atoms with Crippen molar-refractivity contribution in [1.29, 1.82) is 0 Å². The molecule has 0 bridgehead atoms. The van der Waals surface area contributed by atoms with Gasteiger partial charge in [-0.05, 0) is 93.2 Å². The van der Waals surface area contributed by atoms with Crippen LogP contribution in [-0.2, 0) is 6.42 Å². The molecule has 1 aliphatic heterocycles. The van der Waals surface area contributed by atoms with E-state index in [0.717, 1.165) is 79.8 Å². The lowest BCUT2D eigenvalue weighted by Gasteiger charge is -2.23. The third-order valence-corrected chi connectivity index (χ3v) is 11.8. The van der Waals surface area contributed by atoms with Crippen LogP contribution in [0.1, 0.15) is 51.9 Å². The van der Waals surface area contributed by atoms with Crippen molar-refractivity contribution in [1.82, 2.24) is 5.32 Å². The Morgan fingerprint density at radius 2 is 1.05 bits per heavy atom.